The third-order valence-electron chi connectivity index (χ3n) is 5.43. The van der Waals surface area contributed by atoms with Gasteiger partial charge in [-0.1, -0.05) is 31.2 Å². The summed E-state index contributed by atoms with van der Waals surface area (Å²) in [5.74, 6) is -0.545. The zero-order valence-electron chi connectivity index (χ0n) is 18.5. The summed E-state index contributed by atoms with van der Waals surface area (Å²) >= 11 is 12.4. The van der Waals surface area contributed by atoms with Gasteiger partial charge >= 0.3 is 0 Å². The molecule has 0 aliphatic rings. The van der Waals surface area contributed by atoms with Gasteiger partial charge in [-0.25, -0.2) is 9.37 Å². The van der Waals surface area contributed by atoms with Gasteiger partial charge in [-0.2, -0.15) is 5.10 Å². The summed E-state index contributed by atoms with van der Waals surface area (Å²) in [6.45, 7) is 7.58. The summed E-state index contributed by atoms with van der Waals surface area (Å²) in [4.78, 5) is 17.5. The third-order valence-corrected chi connectivity index (χ3v) is 7.90. The van der Waals surface area contributed by atoms with Crippen LogP contribution in [0.1, 0.15) is 0 Å². The predicted octanol–water partition coefficient (Wildman–Crippen LogP) is 5.05. The summed E-state index contributed by atoms with van der Waals surface area (Å²) < 4.78 is 25.8. The highest BCUT2D eigenvalue weighted by molar-refractivity contribution is 6.76. The Bertz CT molecular complexity index is 1400. The first-order chi connectivity index (χ1) is 15.0. The Morgan fingerprint density at radius 1 is 1.12 bits per heavy atom. The molecule has 0 amide bonds. The number of aromatic nitrogens is 5. The largest absolute Gasteiger partial charge is 0.361 e. The van der Waals surface area contributed by atoms with Crippen LogP contribution in [-0.2, 0) is 25.6 Å². The van der Waals surface area contributed by atoms with E-state index in [1.54, 1.807) is 29.9 Å². The van der Waals surface area contributed by atoms with Gasteiger partial charge in [0.2, 0.25) is 5.28 Å². The first-order valence-corrected chi connectivity index (χ1v) is 14.6. The first-order valence-electron chi connectivity index (χ1n) is 10.1. The number of aryl methyl sites for hydroxylation is 1. The van der Waals surface area contributed by atoms with Gasteiger partial charge in [0.05, 0.1) is 16.3 Å². The summed E-state index contributed by atoms with van der Waals surface area (Å²) in [5.41, 5.74) is 1.05. The number of hydrogen-bond acceptors (Lipinski definition) is 4. The van der Waals surface area contributed by atoms with Gasteiger partial charge in [0.25, 0.3) is 5.56 Å². The van der Waals surface area contributed by atoms with E-state index in [0.29, 0.717) is 23.3 Å². The highest BCUT2D eigenvalue weighted by Crippen LogP contribution is 2.36. The van der Waals surface area contributed by atoms with Crippen molar-refractivity contribution in [1.82, 2.24) is 23.9 Å². The molecule has 4 rings (SSSR count). The number of ether oxygens (including phenoxy) is 1. The van der Waals surface area contributed by atoms with Crippen molar-refractivity contribution in [1.29, 1.82) is 0 Å². The van der Waals surface area contributed by atoms with E-state index in [2.05, 4.69) is 29.7 Å². The van der Waals surface area contributed by atoms with Gasteiger partial charge in [0, 0.05) is 46.1 Å². The molecule has 170 valence electrons. The molecule has 4 aromatic rings. The van der Waals surface area contributed by atoms with Crippen LogP contribution >= 0.6 is 23.2 Å². The topological polar surface area (TPSA) is 66.9 Å². The monoisotopic (exact) mass is 495 g/mol. The van der Waals surface area contributed by atoms with Crippen molar-refractivity contribution in [2.24, 2.45) is 14.1 Å². The minimum absolute atomic E-state index is 0.0433. The van der Waals surface area contributed by atoms with Gasteiger partial charge in [-0.15, -0.1) is 0 Å². The van der Waals surface area contributed by atoms with Crippen molar-refractivity contribution in [3.05, 3.63) is 44.9 Å². The van der Waals surface area contributed by atoms with E-state index in [-0.39, 0.29) is 39.1 Å². The molecule has 1 aromatic carbocycles. The molecule has 32 heavy (non-hydrogen) atoms. The van der Waals surface area contributed by atoms with Crippen LogP contribution in [0.15, 0.2) is 23.1 Å². The molecule has 0 saturated heterocycles. The standard InChI is InChI=1S/C21H24Cl2FN5O2Si/c1-27-20(30)15-13(12-6-7-14-16(17(12)24)18(22)28(2)26-14)10-29(19(15)25-21(27)23)11-31-8-9-32(3,4)5/h6-7,10H,8-9,11H2,1-5H3. The Balaban J connectivity index is 1.87. The smallest absolute Gasteiger partial charge is 0.264 e. The van der Waals surface area contributed by atoms with E-state index in [9.17, 15) is 4.79 Å². The molecule has 0 unspecified atom stereocenters. The van der Waals surface area contributed by atoms with E-state index in [1.165, 1.54) is 16.3 Å². The van der Waals surface area contributed by atoms with E-state index >= 15 is 4.39 Å². The van der Waals surface area contributed by atoms with Gasteiger partial charge < -0.3 is 9.30 Å². The molecule has 0 atom stereocenters. The minimum atomic E-state index is -1.25. The second kappa shape index (κ2) is 8.29. The van der Waals surface area contributed by atoms with Gasteiger partial charge in [-0.3, -0.25) is 14.0 Å². The molecule has 3 heterocycles. The molecule has 0 saturated carbocycles. The lowest BCUT2D eigenvalue weighted by molar-refractivity contribution is 0.0899. The molecule has 7 nitrogen and oxygen atoms in total. The van der Waals surface area contributed by atoms with Gasteiger partial charge in [0.15, 0.2) is 5.65 Å². The zero-order valence-corrected chi connectivity index (χ0v) is 21.1. The zero-order chi connectivity index (χ0) is 23.4. The van der Waals surface area contributed by atoms with Crippen molar-refractivity contribution in [3.8, 4) is 11.1 Å². The molecule has 11 heteroatoms. The third kappa shape index (κ3) is 3.98. The number of nitrogens with zero attached hydrogens (tertiary/aromatic N) is 5. The second-order valence-corrected chi connectivity index (χ2v) is 15.4. The number of fused-ring (bicyclic) bond motifs is 2. The fourth-order valence-electron chi connectivity index (χ4n) is 3.56. The van der Waals surface area contributed by atoms with Crippen LogP contribution in [0.5, 0.6) is 0 Å². The minimum Gasteiger partial charge on any atom is -0.361 e. The van der Waals surface area contributed by atoms with Gasteiger partial charge in [0.1, 0.15) is 17.7 Å². The van der Waals surface area contributed by atoms with Gasteiger partial charge in [-0.05, 0) is 29.8 Å². The second-order valence-electron chi connectivity index (χ2n) is 9.04. The van der Waals surface area contributed by atoms with Crippen molar-refractivity contribution < 1.29 is 9.13 Å². The maximum atomic E-state index is 15.6. The van der Waals surface area contributed by atoms with E-state index in [1.807, 2.05) is 0 Å². The number of rotatable bonds is 6. The van der Waals surface area contributed by atoms with Crippen molar-refractivity contribution in [2.45, 2.75) is 32.4 Å². The van der Waals surface area contributed by atoms with E-state index in [4.69, 9.17) is 27.9 Å². The molecule has 0 aliphatic heterocycles. The van der Waals surface area contributed by atoms with Crippen LogP contribution in [0.4, 0.5) is 4.39 Å². The number of halogens is 3. The SMILES string of the molecule is Cn1nc2ccc(-c3cn(COCC[Si](C)(C)C)c4nc(Cl)n(C)c(=O)c34)c(F)c2c1Cl. The molecule has 3 aromatic heterocycles. The fraction of sp³-hybridized carbons (Fsp3) is 0.381. The predicted molar refractivity (Wildman–Crippen MR) is 129 cm³/mol. The highest BCUT2D eigenvalue weighted by atomic mass is 35.5. The molecule has 0 spiro atoms. The summed E-state index contributed by atoms with van der Waals surface area (Å²) in [7, 11) is 1.92. The van der Waals surface area contributed by atoms with Crippen LogP contribution in [-0.4, -0.2) is 38.6 Å². The fourth-order valence-corrected chi connectivity index (χ4v) is 4.69. The van der Waals surface area contributed by atoms with Crippen molar-refractivity contribution in [2.75, 3.05) is 6.61 Å². The molecule has 0 aliphatic carbocycles. The highest BCUT2D eigenvalue weighted by Gasteiger charge is 2.23. The van der Waals surface area contributed by atoms with Crippen LogP contribution < -0.4 is 5.56 Å². The molecular weight excluding hydrogens is 472 g/mol. The van der Waals surface area contributed by atoms with Crippen LogP contribution in [0.2, 0.25) is 36.1 Å². The van der Waals surface area contributed by atoms with Crippen LogP contribution in [0, 0.1) is 5.82 Å². The lowest BCUT2D eigenvalue weighted by Crippen LogP contribution is -2.22. The normalized spacial score (nSPS) is 12.4. The molecule has 0 fully saturated rings. The lowest BCUT2D eigenvalue weighted by atomic mass is 10.0. The average Bonchev–Trinajstić information content (AvgIpc) is 3.21. The summed E-state index contributed by atoms with van der Waals surface area (Å²) in [6.07, 6.45) is 1.68. The van der Waals surface area contributed by atoms with E-state index in [0.717, 1.165) is 6.04 Å². The quantitative estimate of drug-likeness (QED) is 0.213. The Kier molecular flexibility index (Phi) is 5.95. The maximum Gasteiger partial charge on any atom is 0.264 e. The van der Waals surface area contributed by atoms with E-state index < -0.39 is 13.9 Å². The molecule has 0 bridgehead atoms. The summed E-state index contributed by atoms with van der Waals surface area (Å²) in [5, 5.41) is 4.92. The molecule has 0 N–H and O–H groups in total. The summed E-state index contributed by atoms with van der Waals surface area (Å²) in [6, 6.07) is 4.28. The van der Waals surface area contributed by atoms with Crippen LogP contribution in [0.25, 0.3) is 33.1 Å². The number of benzene rings is 1. The Morgan fingerprint density at radius 2 is 1.84 bits per heavy atom. The maximum absolute atomic E-state index is 15.6. The lowest BCUT2D eigenvalue weighted by Gasteiger charge is -2.15. The Morgan fingerprint density at radius 3 is 2.53 bits per heavy atom. The molecule has 0 radical (unpaired) electrons. The Labute approximate surface area is 195 Å². The van der Waals surface area contributed by atoms with Crippen LogP contribution in [0.3, 0.4) is 0 Å². The Hall–Kier alpha value is -2.20. The first kappa shape index (κ1) is 23.0. The number of hydrogen-bond donors (Lipinski definition) is 0. The molecular formula is C21H24Cl2FN5O2Si. The average molecular weight is 496 g/mol. The van der Waals surface area contributed by atoms with Crippen molar-refractivity contribution >= 4 is 53.2 Å². The van der Waals surface area contributed by atoms with Crippen molar-refractivity contribution in [3.63, 3.8) is 0 Å².